The van der Waals surface area contributed by atoms with E-state index in [1.165, 1.54) is 12.5 Å². The van der Waals surface area contributed by atoms with E-state index < -0.39 is 23.7 Å². The third-order valence-electron chi connectivity index (χ3n) is 7.07. The Bertz CT molecular complexity index is 1060. The number of carboxylic acid groups (broad SMARTS) is 1. The minimum Gasteiger partial charge on any atom is -0.481 e. The van der Waals surface area contributed by atoms with Crippen LogP contribution in [0.1, 0.15) is 69.4 Å². The second-order valence-corrected chi connectivity index (χ2v) is 10.5. The molecule has 2 aliphatic carbocycles. The van der Waals surface area contributed by atoms with E-state index >= 15 is 4.39 Å². The lowest BCUT2D eigenvalue weighted by Crippen LogP contribution is -2.40. The van der Waals surface area contributed by atoms with Crippen LogP contribution in [0.3, 0.4) is 0 Å². The molecule has 0 spiro atoms. The molecule has 35 heavy (non-hydrogen) atoms. The van der Waals surface area contributed by atoms with Crippen LogP contribution in [-0.2, 0) is 4.79 Å². The van der Waals surface area contributed by atoms with Gasteiger partial charge in [-0.25, -0.2) is 9.18 Å². The zero-order valence-electron chi connectivity index (χ0n) is 20.8. The van der Waals surface area contributed by atoms with E-state index in [-0.39, 0.29) is 12.0 Å². The number of carbonyl (C=O) groups is 2. The fourth-order valence-corrected chi connectivity index (χ4v) is 5.16. The van der Waals surface area contributed by atoms with Crippen molar-refractivity contribution >= 4 is 29.1 Å². The minimum absolute atomic E-state index is 0.282. The number of nitrogens with zero attached hydrogens (tertiary/aromatic N) is 1. The molecule has 2 atom stereocenters. The molecule has 7 heteroatoms. The number of benzene rings is 2. The number of carbonyl (C=O) groups excluding carboxylic acids is 1. The number of urea groups is 1. The average Bonchev–Trinajstić information content (AvgIpc) is 3.62. The molecule has 2 amide bonds. The number of hydrogen-bond acceptors (Lipinski definition) is 3. The van der Waals surface area contributed by atoms with Crippen LogP contribution < -0.4 is 15.5 Å². The van der Waals surface area contributed by atoms with Crippen molar-refractivity contribution in [2.75, 3.05) is 22.1 Å². The number of hydrogen-bond donors (Lipinski definition) is 3. The zero-order chi connectivity index (χ0) is 25.1. The van der Waals surface area contributed by atoms with E-state index in [1.807, 2.05) is 31.2 Å². The Morgan fingerprint density at radius 2 is 1.77 bits per heavy atom. The van der Waals surface area contributed by atoms with Crippen LogP contribution in [0.15, 0.2) is 36.4 Å². The monoisotopic (exact) mass is 481 g/mol. The highest BCUT2D eigenvalue weighted by molar-refractivity contribution is 6.02. The van der Waals surface area contributed by atoms with E-state index in [9.17, 15) is 14.7 Å². The third-order valence-corrected chi connectivity index (χ3v) is 7.07. The van der Waals surface area contributed by atoms with Crippen molar-refractivity contribution in [2.24, 2.45) is 11.8 Å². The molecule has 3 N–H and O–H groups in total. The Hall–Kier alpha value is -3.09. The average molecular weight is 482 g/mol. The molecule has 0 saturated heterocycles. The Labute approximate surface area is 206 Å². The summed E-state index contributed by atoms with van der Waals surface area (Å²) in [5, 5.41) is 15.2. The Kier molecular flexibility index (Phi) is 7.63. The summed E-state index contributed by atoms with van der Waals surface area (Å²) in [6, 6.07) is 10.5. The molecule has 6 nitrogen and oxygen atoms in total. The molecule has 2 aromatic carbocycles. The molecule has 4 rings (SSSR count). The van der Waals surface area contributed by atoms with Crippen LogP contribution in [0.2, 0.25) is 0 Å². The maximum absolute atomic E-state index is 15.4. The largest absolute Gasteiger partial charge is 0.481 e. The van der Waals surface area contributed by atoms with Gasteiger partial charge in [0.1, 0.15) is 5.82 Å². The SMILES string of the molecule is Cc1ccc(NC(=O)Nc2cc(C3CC3C(=O)O)c(F)cc2N(CC(C)C)C2CCCCC2)cc1. The second kappa shape index (κ2) is 10.7. The van der Waals surface area contributed by atoms with Gasteiger partial charge in [0.25, 0.3) is 0 Å². The van der Waals surface area contributed by atoms with Crippen LogP contribution in [-0.4, -0.2) is 29.7 Å². The maximum Gasteiger partial charge on any atom is 0.323 e. The first-order valence-electron chi connectivity index (χ1n) is 12.7. The molecule has 2 saturated carbocycles. The van der Waals surface area contributed by atoms with Gasteiger partial charge in [-0.05, 0) is 61.9 Å². The van der Waals surface area contributed by atoms with Crippen molar-refractivity contribution in [3.8, 4) is 0 Å². The molecule has 0 aliphatic heterocycles. The Morgan fingerprint density at radius 1 is 1.09 bits per heavy atom. The number of halogens is 1. The predicted octanol–water partition coefficient (Wildman–Crippen LogP) is 6.76. The molecule has 0 heterocycles. The third kappa shape index (κ3) is 6.13. The van der Waals surface area contributed by atoms with E-state index in [1.54, 1.807) is 6.07 Å². The standard InChI is InChI=1S/C28H36FN3O3/c1-17(2)16-32(20-7-5-4-6-8-20)26-15-24(29)22(21-13-23(21)27(33)34)14-25(26)31-28(35)30-19-11-9-18(3)10-12-19/h9-12,14-15,17,20-21,23H,4-8,13,16H2,1-3H3,(H,33,34)(H2,30,31,35). The first kappa shape index (κ1) is 25.0. The van der Waals surface area contributed by atoms with Gasteiger partial charge in [0.2, 0.25) is 0 Å². The van der Waals surface area contributed by atoms with E-state index in [2.05, 4.69) is 29.4 Å². The lowest BCUT2D eigenvalue weighted by molar-refractivity contribution is -0.138. The van der Waals surface area contributed by atoms with Crippen molar-refractivity contribution in [2.45, 2.75) is 71.3 Å². The number of nitrogens with one attached hydrogen (secondary N) is 2. The fourth-order valence-electron chi connectivity index (χ4n) is 5.16. The van der Waals surface area contributed by atoms with Crippen LogP contribution in [0.4, 0.5) is 26.2 Å². The quantitative estimate of drug-likeness (QED) is 0.389. The van der Waals surface area contributed by atoms with Crippen molar-refractivity contribution in [3.05, 3.63) is 53.3 Å². The number of rotatable bonds is 8. The van der Waals surface area contributed by atoms with E-state index in [4.69, 9.17) is 0 Å². The first-order chi connectivity index (χ1) is 16.7. The first-order valence-corrected chi connectivity index (χ1v) is 12.7. The number of aryl methyl sites for hydroxylation is 1. The van der Waals surface area contributed by atoms with E-state index in [0.29, 0.717) is 35.0 Å². The molecule has 188 valence electrons. The summed E-state index contributed by atoms with van der Waals surface area (Å²) in [4.78, 5) is 26.7. The van der Waals surface area contributed by atoms with Crippen LogP contribution in [0.5, 0.6) is 0 Å². The second-order valence-electron chi connectivity index (χ2n) is 10.5. The van der Waals surface area contributed by atoms with Gasteiger partial charge in [0.05, 0.1) is 17.3 Å². The zero-order valence-corrected chi connectivity index (χ0v) is 20.8. The van der Waals surface area contributed by atoms with Crippen LogP contribution in [0.25, 0.3) is 0 Å². The molecule has 0 bridgehead atoms. The highest BCUT2D eigenvalue weighted by Crippen LogP contribution is 2.50. The van der Waals surface area contributed by atoms with Crippen LogP contribution in [0, 0.1) is 24.6 Å². The summed E-state index contributed by atoms with van der Waals surface area (Å²) in [5.74, 6) is -1.89. The normalized spacial score (nSPS) is 19.9. The van der Waals surface area contributed by atoms with Gasteiger partial charge in [0.15, 0.2) is 0 Å². The lowest BCUT2D eigenvalue weighted by Gasteiger charge is -2.38. The number of aliphatic carboxylic acids is 1. The van der Waals surface area contributed by atoms with Gasteiger partial charge in [-0.15, -0.1) is 0 Å². The highest BCUT2D eigenvalue weighted by Gasteiger charge is 2.46. The molecular weight excluding hydrogens is 445 g/mol. The van der Waals surface area contributed by atoms with Crippen LogP contribution >= 0.6 is 0 Å². The number of anilines is 3. The maximum atomic E-state index is 15.4. The number of carboxylic acids is 1. The molecule has 2 aromatic rings. The predicted molar refractivity (Wildman–Crippen MR) is 138 cm³/mol. The van der Waals surface area contributed by atoms with Gasteiger partial charge in [-0.1, -0.05) is 50.8 Å². The summed E-state index contributed by atoms with van der Waals surface area (Å²) in [7, 11) is 0. The lowest BCUT2D eigenvalue weighted by atomic mass is 9.92. The summed E-state index contributed by atoms with van der Waals surface area (Å²) in [6.45, 7) is 7.00. The molecule has 0 aromatic heterocycles. The molecule has 2 unspecified atom stereocenters. The smallest absolute Gasteiger partial charge is 0.323 e. The Morgan fingerprint density at radius 3 is 2.37 bits per heavy atom. The molecule has 2 fully saturated rings. The summed E-state index contributed by atoms with van der Waals surface area (Å²) in [6.07, 6.45) is 5.97. The molecular formula is C28H36FN3O3. The van der Waals surface area contributed by atoms with Gasteiger partial charge >= 0.3 is 12.0 Å². The highest BCUT2D eigenvalue weighted by atomic mass is 19.1. The van der Waals surface area contributed by atoms with Gasteiger partial charge < -0.3 is 20.6 Å². The Balaban J connectivity index is 1.67. The van der Waals surface area contributed by atoms with E-state index in [0.717, 1.165) is 37.8 Å². The van der Waals surface area contributed by atoms with Gasteiger partial charge in [0, 0.05) is 24.2 Å². The fraction of sp³-hybridized carbons (Fsp3) is 0.500. The summed E-state index contributed by atoms with van der Waals surface area (Å²) in [5.41, 5.74) is 3.30. The summed E-state index contributed by atoms with van der Waals surface area (Å²) >= 11 is 0. The topological polar surface area (TPSA) is 81.7 Å². The summed E-state index contributed by atoms with van der Waals surface area (Å²) < 4.78 is 15.4. The van der Waals surface area contributed by atoms with Gasteiger partial charge in [-0.3, -0.25) is 4.79 Å². The van der Waals surface area contributed by atoms with Crippen molar-refractivity contribution in [3.63, 3.8) is 0 Å². The number of amides is 2. The minimum atomic E-state index is -0.909. The van der Waals surface area contributed by atoms with Crippen molar-refractivity contribution < 1.29 is 19.1 Å². The van der Waals surface area contributed by atoms with Crippen molar-refractivity contribution in [1.82, 2.24) is 0 Å². The van der Waals surface area contributed by atoms with Gasteiger partial charge in [-0.2, -0.15) is 0 Å². The van der Waals surface area contributed by atoms with Crippen molar-refractivity contribution in [1.29, 1.82) is 0 Å². The molecule has 0 radical (unpaired) electrons. The molecule has 2 aliphatic rings.